The Morgan fingerprint density at radius 2 is 1.95 bits per heavy atom. The van der Waals surface area contributed by atoms with Crippen molar-refractivity contribution in [3.63, 3.8) is 0 Å². The number of carbonyl (C=O) groups is 1. The van der Waals surface area contributed by atoms with Gasteiger partial charge in [0.25, 0.3) is 5.91 Å². The lowest BCUT2D eigenvalue weighted by Crippen LogP contribution is -2.25. The van der Waals surface area contributed by atoms with Gasteiger partial charge in [-0.1, -0.05) is 12.1 Å². The number of fused-ring (bicyclic) bond motifs is 1. The summed E-state index contributed by atoms with van der Waals surface area (Å²) in [6, 6.07) is 10.9. The highest BCUT2D eigenvalue weighted by Gasteiger charge is 2.11. The lowest BCUT2D eigenvalue weighted by atomic mass is 10.3. The van der Waals surface area contributed by atoms with Gasteiger partial charge in [0.05, 0.1) is 12.1 Å². The van der Waals surface area contributed by atoms with E-state index >= 15 is 0 Å². The van der Waals surface area contributed by atoms with Crippen LogP contribution in [0.25, 0.3) is 11.0 Å². The van der Waals surface area contributed by atoms with Gasteiger partial charge in [-0.05, 0) is 31.2 Å². The molecule has 2 heterocycles. The normalized spacial score (nSPS) is 10.7. The van der Waals surface area contributed by atoms with Crippen LogP contribution in [-0.4, -0.2) is 21.1 Å². The highest BCUT2D eigenvalue weighted by Crippen LogP contribution is 2.08. The van der Waals surface area contributed by atoms with E-state index in [1.165, 1.54) is 0 Å². The molecule has 0 radical (unpaired) electrons. The molecular weight excluding hydrogens is 256 g/mol. The topological polar surface area (TPSA) is 80.9 Å². The molecule has 0 fully saturated rings. The molecule has 0 aliphatic carbocycles. The van der Waals surface area contributed by atoms with Crippen LogP contribution in [0, 0.1) is 6.92 Å². The Morgan fingerprint density at radius 1 is 1.15 bits per heavy atom. The van der Waals surface area contributed by atoms with Gasteiger partial charge in [-0.3, -0.25) is 4.79 Å². The molecule has 20 heavy (non-hydrogen) atoms. The van der Waals surface area contributed by atoms with Gasteiger partial charge in [0.1, 0.15) is 17.0 Å². The van der Waals surface area contributed by atoms with E-state index < -0.39 is 0 Å². The molecule has 0 saturated carbocycles. The summed E-state index contributed by atoms with van der Waals surface area (Å²) in [5.41, 5.74) is 1.30. The predicted octanol–water partition coefficient (Wildman–Crippen LogP) is 1.86. The Labute approximate surface area is 114 Å². The summed E-state index contributed by atoms with van der Waals surface area (Å²) < 4.78 is 5.37. The molecule has 3 aromatic rings. The molecule has 0 unspecified atom stereocenters. The zero-order valence-corrected chi connectivity index (χ0v) is 10.8. The molecule has 1 aromatic carbocycles. The predicted molar refractivity (Wildman–Crippen MR) is 71.9 cm³/mol. The first kappa shape index (κ1) is 12.3. The minimum absolute atomic E-state index is 0.0481. The first-order valence-corrected chi connectivity index (χ1v) is 6.15. The van der Waals surface area contributed by atoms with E-state index in [0.717, 1.165) is 5.76 Å². The van der Waals surface area contributed by atoms with Crippen molar-refractivity contribution in [2.24, 2.45) is 0 Å². The first-order chi connectivity index (χ1) is 9.72. The lowest BCUT2D eigenvalue weighted by molar-refractivity contribution is 0.0936. The maximum absolute atomic E-state index is 12.0. The Bertz CT molecular complexity index is 766. The molecule has 0 aliphatic heterocycles. The standard InChI is InChI=1S/C14H12N4O2/c1-9-6-7-10(20-9)8-15-14(19)13-16-11-4-2-3-5-12(11)17-18-13/h2-7H,8H2,1H3,(H,15,19). The van der Waals surface area contributed by atoms with Crippen LogP contribution in [0.3, 0.4) is 0 Å². The number of hydrogen-bond acceptors (Lipinski definition) is 5. The fourth-order valence-electron chi connectivity index (χ4n) is 1.80. The molecular formula is C14H12N4O2. The van der Waals surface area contributed by atoms with Crippen LogP contribution in [-0.2, 0) is 6.54 Å². The molecule has 1 amide bonds. The number of aryl methyl sites for hydroxylation is 1. The number of furan rings is 1. The molecule has 0 bridgehead atoms. The number of amides is 1. The Hall–Kier alpha value is -2.76. The SMILES string of the molecule is Cc1ccc(CNC(=O)c2nnc3ccccc3n2)o1. The molecule has 0 spiro atoms. The lowest BCUT2D eigenvalue weighted by Gasteiger charge is -2.02. The average molecular weight is 268 g/mol. The van der Waals surface area contributed by atoms with Gasteiger partial charge in [-0.25, -0.2) is 4.98 Å². The minimum Gasteiger partial charge on any atom is -0.465 e. The molecule has 100 valence electrons. The summed E-state index contributed by atoms with van der Waals surface area (Å²) >= 11 is 0. The number of rotatable bonds is 3. The summed E-state index contributed by atoms with van der Waals surface area (Å²) in [5.74, 6) is 1.16. The number of aromatic nitrogens is 3. The quantitative estimate of drug-likeness (QED) is 0.784. The summed E-state index contributed by atoms with van der Waals surface area (Å²) in [6.07, 6.45) is 0. The van der Waals surface area contributed by atoms with Gasteiger partial charge in [-0.15, -0.1) is 10.2 Å². The molecule has 6 nitrogen and oxygen atoms in total. The van der Waals surface area contributed by atoms with Crippen molar-refractivity contribution in [3.05, 3.63) is 53.7 Å². The third kappa shape index (κ3) is 2.49. The number of nitrogens with zero attached hydrogens (tertiary/aromatic N) is 3. The average Bonchev–Trinajstić information content (AvgIpc) is 2.90. The maximum atomic E-state index is 12.0. The first-order valence-electron chi connectivity index (χ1n) is 6.15. The molecule has 2 aromatic heterocycles. The van der Waals surface area contributed by atoms with Crippen molar-refractivity contribution in [1.82, 2.24) is 20.5 Å². The molecule has 0 atom stereocenters. The van der Waals surface area contributed by atoms with Crippen LogP contribution in [0.15, 0.2) is 40.8 Å². The highest BCUT2D eigenvalue weighted by atomic mass is 16.3. The maximum Gasteiger partial charge on any atom is 0.291 e. The van der Waals surface area contributed by atoms with E-state index in [9.17, 15) is 4.79 Å². The molecule has 6 heteroatoms. The van der Waals surface area contributed by atoms with Crippen LogP contribution in [0.5, 0.6) is 0 Å². The van der Waals surface area contributed by atoms with Crippen molar-refractivity contribution >= 4 is 16.9 Å². The highest BCUT2D eigenvalue weighted by molar-refractivity contribution is 5.91. The second-order valence-corrected chi connectivity index (χ2v) is 4.32. The van der Waals surface area contributed by atoms with Gasteiger partial charge in [0.2, 0.25) is 5.82 Å². The Morgan fingerprint density at radius 3 is 2.70 bits per heavy atom. The van der Waals surface area contributed by atoms with E-state index in [2.05, 4.69) is 20.5 Å². The van der Waals surface area contributed by atoms with Crippen molar-refractivity contribution in [2.75, 3.05) is 0 Å². The second kappa shape index (κ2) is 5.08. The zero-order valence-electron chi connectivity index (χ0n) is 10.8. The fraction of sp³-hybridized carbons (Fsp3) is 0.143. The summed E-state index contributed by atoms with van der Waals surface area (Å²) in [4.78, 5) is 16.1. The van der Waals surface area contributed by atoms with Crippen LogP contribution in [0.2, 0.25) is 0 Å². The van der Waals surface area contributed by atoms with E-state index in [0.29, 0.717) is 23.3 Å². The van der Waals surface area contributed by atoms with Gasteiger partial charge < -0.3 is 9.73 Å². The monoisotopic (exact) mass is 268 g/mol. The van der Waals surface area contributed by atoms with Gasteiger partial charge in [0.15, 0.2) is 0 Å². The van der Waals surface area contributed by atoms with Crippen molar-refractivity contribution < 1.29 is 9.21 Å². The van der Waals surface area contributed by atoms with E-state index in [4.69, 9.17) is 4.42 Å². The number of nitrogens with one attached hydrogen (secondary N) is 1. The van der Waals surface area contributed by atoms with Crippen molar-refractivity contribution in [1.29, 1.82) is 0 Å². The zero-order chi connectivity index (χ0) is 13.9. The second-order valence-electron chi connectivity index (χ2n) is 4.32. The van der Waals surface area contributed by atoms with Gasteiger partial charge >= 0.3 is 0 Å². The van der Waals surface area contributed by atoms with Crippen LogP contribution in [0.4, 0.5) is 0 Å². The summed E-state index contributed by atoms with van der Waals surface area (Å²) in [5, 5.41) is 10.5. The smallest absolute Gasteiger partial charge is 0.291 e. The third-order valence-corrected chi connectivity index (χ3v) is 2.78. The van der Waals surface area contributed by atoms with E-state index in [-0.39, 0.29) is 11.7 Å². The van der Waals surface area contributed by atoms with Gasteiger partial charge in [0, 0.05) is 0 Å². The largest absolute Gasteiger partial charge is 0.465 e. The molecule has 0 saturated heterocycles. The molecule has 0 aliphatic rings. The summed E-state index contributed by atoms with van der Waals surface area (Å²) in [6.45, 7) is 2.14. The van der Waals surface area contributed by atoms with E-state index in [1.54, 1.807) is 12.1 Å². The van der Waals surface area contributed by atoms with E-state index in [1.807, 2.05) is 31.2 Å². The Balaban J connectivity index is 1.75. The van der Waals surface area contributed by atoms with Crippen LogP contribution in [0.1, 0.15) is 22.1 Å². The van der Waals surface area contributed by atoms with Crippen molar-refractivity contribution in [3.8, 4) is 0 Å². The van der Waals surface area contributed by atoms with Crippen LogP contribution >= 0.6 is 0 Å². The molecule has 3 rings (SSSR count). The Kier molecular flexibility index (Phi) is 3.12. The number of para-hydroxylation sites is 1. The minimum atomic E-state index is -0.377. The van der Waals surface area contributed by atoms with Crippen molar-refractivity contribution in [2.45, 2.75) is 13.5 Å². The summed E-state index contributed by atoms with van der Waals surface area (Å²) in [7, 11) is 0. The number of benzene rings is 1. The third-order valence-electron chi connectivity index (χ3n) is 2.78. The number of carbonyl (C=O) groups excluding carboxylic acids is 1. The molecule has 1 N–H and O–H groups in total. The van der Waals surface area contributed by atoms with Crippen LogP contribution < -0.4 is 5.32 Å². The number of hydrogen-bond donors (Lipinski definition) is 1. The fourth-order valence-corrected chi connectivity index (χ4v) is 1.80. The van der Waals surface area contributed by atoms with Gasteiger partial charge in [-0.2, -0.15) is 0 Å².